The molecule has 3 aliphatic heterocycles. The van der Waals surface area contributed by atoms with Gasteiger partial charge >= 0.3 is 5.97 Å². The standard InChI is InChI=1S/C29H30BrN4O3PS/c1-29(2)21-7-5-6-8-22(21)33(3)26(29)24-18-31-27-23(17-25(39-27)28(35)36-4)38(24,34-13-15-37-16-14-34)32-20-11-9-19(30)10-12-20/h5-12,17-18H,13-16H2,1-4H3/b26-24-. The number of ether oxygens (including phenoxy) is 2. The number of thiophene rings is 1. The number of hydrogen-bond donors (Lipinski definition) is 0. The van der Waals surface area contributed by atoms with E-state index in [4.69, 9.17) is 19.2 Å². The number of anilines is 1. The first kappa shape index (κ1) is 26.7. The summed E-state index contributed by atoms with van der Waals surface area (Å²) < 4.78 is 20.1. The minimum Gasteiger partial charge on any atom is -0.465 e. The number of hydrogen-bond acceptors (Lipinski definition) is 7. The van der Waals surface area contributed by atoms with Crippen LogP contribution in [0.5, 0.6) is 0 Å². The van der Waals surface area contributed by atoms with Crippen LogP contribution in [0.15, 0.2) is 79.8 Å². The van der Waals surface area contributed by atoms with Crippen LogP contribution < -0.4 is 10.2 Å². The van der Waals surface area contributed by atoms with Crippen molar-refractivity contribution < 1.29 is 14.3 Å². The molecule has 3 aromatic rings. The predicted octanol–water partition coefficient (Wildman–Crippen LogP) is 7.06. The molecular formula is C29H30BrN4O3PS. The van der Waals surface area contributed by atoms with E-state index in [0.29, 0.717) is 18.1 Å². The quantitative estimate of drug-likeness (QED) is 0.231. The second kappa shape index (κ2) is 10.1. The van der Waals surface area contributed by atoms with Crippen molar-refractivity contribution in [2.75, 3.05) is 45.4 Å². The van der Waals surface area contributed by atoms with Crippen LogP contribution in [0.4, 0.5) is 16.4 Å². The summed E-state index contributed by atoms with van der Waals surface area (Å²) >= 11 is 4.95. The molecule has 6 rings (SSSR count). The topological polar surface area (TPSA) is 66.7 Å². The predicted molar refractivity (Wildman–Crippen MR) is 164 cm³/mol. The Labute approximate surface area is 241 Å². The number of halogens is 1. The molecule has 202 valence electrons. The van der Waals surface area contributed by atoms with E-state index >= 15 is 0 Å². The van der Waals surface area contributed by atoms with Crippen molar-refractivity contribution in [3.8, 4) is 0 Å². The fourth-order valence-corrected chi connectivity index (χ4v) is 11.6. The number of methoxy groups -OCH3 is 1. The molecular weight excluding hydrogens is 595 g/mol. The van der Waals surface area contributed by atoms with Crippen LogP contribution >= 0.6 is 34.5 Å². The van der Waals surface area contributed by atoms with Crippen molar-refractivity contribution in [3.63, 3.8) is 0 Å². The lowest BCUT2D eigenvalue weighted by molar-refractivity contribution is 0.0606. The first-order chi connectivity index (χ1) is 18.8. The summed E-state index contributed by atoms with van der Waals surface area (Å²) in [5, 5.41) is 2.93. The fraction of sp³-hybridized carbons (Fsp3) is 0.310. The van der Waals surface area contributed by atoms with Crippen LogP contribution in [0.3, 0.4) is 0 Å². The van der Waals surface area contributed by atoms with E-state index in [-0.39, 0.29) is 11.4 Å². The molecule has 1 fully saturated rings. The summed E-state index contributed by atoms with van der Waals surface area (Å²) in [6.07, 6.45) is 2.02. The number of benzene rings is 2. The summed E-state index contributed by atoms with van der Waals surface area (Å²) in [6, 6.07) is 18.7. The number of morpholine rings is 1. The average Bonchev–Trinajstić information content (AvgIpc) is 3.48. The van der Waals surface area contributed by atoms with Crippen molar-refractivity contribution >= 4 is 68.3 Å². The maximum absolute atomic E-state index is 12.7. The molecule has 0 spiro atoms. The van der Waals surface area contributed by atoms with Gasteiger partial charge in [-0.1, -0.05) is 48.0 Å². The largest absolute Gasteiger partial charge is 0.465 e. The minimum absolute atomic E-state index is 0.280. The number of aliphatic imine (C=N–C) groups is 1. The number of likely N-dealkylation sites (N-methyl/N-ethyl adjacent to an activating group) is 1. The highest BCUT2D eigenvalue weighted by molar-refractivity contribution is 9.10. The Balaban J connectivity index is 1.73. The third-order valence-electron chi connectivity index (χ3n) is 7.65. The normalized spacial score (nSPS) is 23.9. The van der Waals surface area contributed by atoms with Crippen LogP contribution in [0.2, 0.25) is 0 Å². The molecule has 1 unspecified atom stereocenters. The van der Waals surface area contributed by atoms with Crippen molar-refractivity contribution in [1.82, 2.24) is 4.67 Å². The number of carbonyl (C=O) groups is 1. The molecule has 1 saturated heterocycles. The second-order valence-corrected chi connectivity index (χ2v) is 15.1. The summed E-state index contributed by atoms with van der Waals surface area (Å²) in [5.41, 5.74) is 4.26. The second-order valence-electron chi connectivity index (χ2n) is 10.2. The van der Waals surface area contributed by atoms with E-state index in [2.05, 4.69) is 70.7 Å². The molecule has 0 aliphatic carbocycles. The van der Waals surface area contributed by atoms with Crippen molar-refractivity contribution in [2.24, 2.45) is 9.74 Å². The first-order valence-corrected chi connectivity index (χ1v) is 16.1. The first-order valence-electron chi connectivity index (χ1n) is 12.8. The van der Waals surface area contributed by atoms with Crippen molar-refractivity contribution in [2.45, 2.75) is 19.3 Å². The van der Waals surface area contributed by atoms with Crippen LogP contribution in [0.1, 0.15) is 29.1 Å². The van der Waals surface area contributed by atoms with Crippen molar-refractivity contribution in [1.29, 1.82) is 0 Å². The van der Waals surface area contributed by atoms with E-state index in [1.54, 1.807) is 0 Å². The molecule has 3 aliphatic rings. The maximum Gasteiger partial charge on any atom is 0.348 e. The maximum atomic E-state index is 12.7. The Hall–Kier alpha value is -2.55. The summed E-state index contributed by atoms with van der Waals surface area (Å²) in [6.45, 7) is 7.28. The molecule has 0 N–H and O–H groups in total. The van der Waals surface area contributed by atoms with Crippen LogP contribution in [-0.4, -0.2) is 57.3 Å². The SMILES string of the molecule is COC(=O)c1cc2c(s1)N=C/C(=C1/N(C)c3ccccc3C1(C)C)P2(=Nc1ccc(Br)cc1)N1CCOCC1. The van der Waals surface area contributed by atoms with E-state index < -0.39 is 7.21 Å². The van der Waals surface area contributed by atoms with E-state index in [9.17, 15) is 4.79 Å². The molecule has 0 amide bonds. The summed E-state index contributed by atoms with van der Waals surface area (Å²) in [7, 11) is 0.885. The van der Waals surface area contributed by atoms with Gasteiger partial charge in [-0.25, -0.2) is 14.5 Å². The highest BCUT2D eigenvalue weighted by Crippen LogP contribution is 2.67. The van der Waals surface area contributed by atoms with Gasteiger partial charge < -0.3 is 14.4 Å². The number of carbonyl (C=O) groups excluding carboxylic acids is 1. The summed E-state index contributed by atoms with van der Waals surface area (Å²) in [4.78, 5) is 20.5. The van der Waals surface area contributed by atoms with Gasteiger partial charge in [0.2, 0.25) is 0 Å². The monoisotopic (exact) mass is 624 g/mol. The zero-order chi connectivity index (χ0) is 27.4. The molecule has 0 bridgehead atoms. The van der Waals surface area contributed by atoms with Crippen LogP contribution in [-0.2, 0) is 14.9 Å². The molecule has 1 atom stereocenters. The Kier molecular flexibility index (Phi) is 6.92. The Morgan fingerprint density at radius 2 is 1.87 bits per heavy atom. The number of allylic oxidation sites excluding steroid dienone is 2. The van der Waals surface area contributed by atoms with Gasteiger partial charge in [-0.2, -0.15) is 0 Å². The molecule has 7 nitrogen and oxygen atoms in total. The van der Waals surface area contributed by atoms with Gasteiger partial charge in [0.1, 0.15) is 17.1 Å². The Morgan fingerprint density at radius 3 is 2.56 bits per heavy atom. The number of para-hydroxylation sites is 1. The summed E-state index contributed by atoms with van der Waals surface area (Å²) in [5.74, 6) is -0.353. The number of rotatable bonds is 3. The lowest BCUT2D eigenvalue weighted by Crippen LogP contribution is -2.39. The van der Waals surface area contributed by atoms with Gasteiger partial charge in [0.05, 0.1) is 26.0 Å². The zero-order valence-electron chi connectivity index (χ0n) is 22.3. The number of esters is 1. The van der Waals surface area contributed by atoms with Gasteiger partial charge in [0.15, 0.2) is 0 Å². The third-order valence-corrected chi connectivity index (χ3v) is 13.1. The Bertz CT molecular complexity index is 1570. The lowest BCUT2D eigenvalue weighted by atomic mass is 9.84. The number of nitrogens with zero attached hydrogens (tertiary/aromatic N) is 4. The highest BCUT2D eigenvalue weighted by Gasteiger charge is 2.48. The van der Waals surface area contributed by atoms with E-state index in [1.807, 2.05) is 36.5 Å². The molecule has 0 saturated carbocycles. The van der Waals surface area contributed by atoms with Gasteiger partial charge in [-0.05, 0) is 42.0 Å². The zero-order valence-corrected chi connectivity index (χ0v) is 25.6. The van der Waals surface area contributed by atoms with Gasteiger partial charge in [-0.3, -0.25) is 4.67 Å². The van der Waals surface area contributed by atoms with Gasteiger partial charge in [0, 0.05) is 58.2 Å². The van der Waals surface area contributed by atoms with Crippen LogP contribution in [0.25, 0.3) is 0 Å². The molecule has 1 aromatic heterocycles. The van der Waals surface area contributed by atoms with Gasteiger partial charge in [0.25, 0.3) is 0 Å². The molecule has 2 aromatic carbocycles. The number of fused-ring (bicyclic) bond motifs is 2. The molecule has 4 heterocycles. The lowest BCUT2D eigenvalue weighted by Gasteiger charge is -2.43. The van der Waals surface area contributed by atoms with E-state index in [0.717, 1.165) is 38.9 Å². The third kappa shape index (κ3) is 4.26. The minimum atomic E-state index is -2.67. The van der Waals surface area contributed by atoms with Crippen LogP contribution in [0, 0.1) is 0 Å². The van der Waals surface area contributed by atoms with Gasteiger partial charge in [-0.15, -0.1) is 11.3 Å². The molecule has 10 heteroatoms. The van der Waals surface area contributed by atoms with Crippen molar-refractivity contribution in [3.05, 3.63) is 80.5 Å². The van der Waals surface area contributed by atoms with E-state index in [1.165, 1.54) is 35.4 Å². The molecule has 39 heavy (non-hydrogen) atoms. The Morgan fingerprint density at radius 1 is 1.15 bits per heavy atom. The molecule has 0 radical (unpaired) electrons. The fourth-order valence-electron chi connectivity index (χ4n) is 5.88. The smallest absolute Gasteiger partial charge is 0.348 e. The highest BCUT2D eigenvalue weighted by atomic mass is 79.9. The average molecular weight is 626 g/mol.